The summed E-state index contributed by atoms with van der Waals surface area (Å²) in [7, 11) is 0. The second-order valence-electron chi connectivity index (χ2n) is 5.16. The number of piperidine rings is 1. The molecule has 0 aromatic heterocycles. The minimum atomic E-state index is -4.51. The van der Waals surface area contributed by atoms with Crippen LogP contribution in [0.1, 0.15) is 33.1 Å². The standard InChI is InChI=1S/C12H19F3N2O3/c1-8(2)17(7-12(13,14)15)11(20)16-6-4-3-5-9(16)10(18)19/h8-9H,3-7H2,1-2H3,(H,18,19). The van der Waals surface area contributed by atoms with Crippen molar-refractivity contribution in [3.05, 3.63) is 0 Å². The Balaban J connectivity index is 2.89. The van der Waals surface area contributed by atoms with Crippen LogP contribution in [0.5, 0.6) is 0 Å². The largest absolute Gasteiger partial charge is 0.480 e. The zero-order valence-corrected chi connectivity index (χ0v) is 11.5. The number of amides is 2. The molecular formula is C12H19F3N2O3. The lowest BCUT2D eigenvalue weighted by atomic mass is 10.0. The Bertz CT molecular complexity index is 371. The lowest BCUT2D eigenvalue weighted by Gasteiger charge is -2.38. The number of halogens is 3. The molecule has 1 saturated heterocycles. The van der Waals surface area contributed by atoms with Crippen LogP contribution in [-0.2, 0) is 4.79 Å². The molecule has 1 heterocycles. The summed E-state index contributed by atoms with van der Waals surface area (Å²) in [6, 6.07) is -2.55. The lowest BCUT2D eigenvalue weighted by Crippen LogP contribution is -2.56. The summed E-state index contributed by atoms with van der Waals surface area (Å²) >= 11 is 0. The Labute approximate surface area is 115 Å². The van der Waals surface area contributed by atoms with Crippen molar-refractivity contribution in [2.24, 2.45) is 0 Å². The van der Waals surface area contributed by atoms with Crippen molar-refractivity contribution in [2.75, 3.05) is 13.1 Å². The predicted molar refractivity (Wildman–Crippen MR) is 65.3 cm³/mol. The van der Waals surface area contributed by atoms with Gasteiger partial charge >= 0.3 is 18.2 Å². The van der Waals surface area contributed by atoms with Gasteiger partial charge in [-0.25, -0.2) is 9.59 Å². The van der Waals surface area contributed by atoms with Gasteiger partial charge in [-0.2, -0.15) is 13.2 Å². The minimum Gasteiger partial charge on any atom is -0.480 e. The van der Waals surface area contributed by atoms with Crippen LogP contribution in [0.15, 0.2) is 0 Å². The fraction of sp³-hybridized carbons (Fsp3) is 0.833. The van der Waals surface area contributed by atoms with Crippen LogP contribution in [0.25, 0.3) is 0 Å². The number of carboxylic acids is 1. The first kappa shape index (κ1) is 16.6. The maximum atomic E-state index is 12.5. The summed E-state index contributed by atoms with van der Waals surface area (Å²) in [6.07, 6.45) is -2.97. The highest BCUT2D eigenvalue weighted by atomic mass is 19.4. The highest BCUT2D eigenvalue weighted by molar-refractivity contribution is 5.83. The molecule has 0 bridgehead atoms. The van der Waals surface area contributed by atoms with Crippen LogP contribution in [0.3, 0.4) is 0 Å². The summed E-state index contributed by atoms with van der Waals surface area (Å²) in [5, 5.41) is 9.08. The van der Waals surface area contributed by atoms with E-state index < -0.39 is 36.8 Å². The second kappa shape index (κ2) is 6.32. The molecule has 1 unspecified atom stereocenters. The molecule has 1 atom stereocenters. The van der Waals surface area contributed by atoms with E-state index >= 15 is 0 Å². The van der Waals surface area contributed by atoms with Crippen LogP contribution >= 0.6 is 0 Å². The van der Waals surface area contributed by atoms with Gasteiger partial charge in [0.2, 0.25) is 0 Å². The van der Waals surface area contributed by atoms with E-state index in [1.165, 1.54) is 13.8 Å². The summed E-state index contributed by atoms with van der Waals surface area (Å²) in [6.45, 7) is 1.76. The van der Waals surface area contributed by atoms with Crippen LogP contribution in [0.2, 0.25) is 0 Å². The van der Waals surface area contributed by atoms with Crippen LogP contribution in [-0.4, -0.2) is 58.3 Å². The third-order valence-corrected chi connectivity index (χ3v) is 3.25. The number of aliphatic carboxylic acids is 1. The van der Waals surface area contributed by atoms with Crippen molar-refractivity contribution in [3.8, 4) is 0 Å². The number of likely N-dealkylation sites (tertiary alicyclic amines) is 1. The maximum absolute atomic E-state index is 12.5. The highest BCUT2D eigenvalue weighted by Gasteiger charge is 2.39. The number of alkyl halides is 3. The quantitative estimate of drug-likeness (QED) is 0.869. The van der Waals surface area contributed by atoms with Gasteiger partial charge in [0, 0.05) is 12.6 Å². The molecule has 1 rings (SSSR count). The summed E-state index contributed by atoms with van der Waals surface area (Å²) in [4.78, 5) is 25.0. The van der Waals surface area contributed by atoms with Gasteiger partial charge in [-0.3, -0.25) is 0 Å². The average molecular weight is 296 g/mol. The van der Waals surface area contributed by atoms with E-state index in [4.69, 9.17) is 5.11 Å². The molecule has 0 saturated carbocycles. The van der Waals surface area contributed by atoms with Crippen molar-refractivity contribution in [3.63, 3.8) is 0 Å². The zero-order valence-electron chi connectivity index (χ0n) is 11.5. The van der Waals surface area contributed by atoms with E-state index in [0.717, 1.165) is 4.90 Å². The Morgan fingerprint density at radius 2 is 1.95 bits per heavy atom. The molecule has 1 aliphatic heterocycles. The van der Waals surface area contributed by atoms with Gasteiger partial charge in [-0.15, -0.1) is 0 Å². The monoisotopic (exact) mass is 296 g/mol. The highest BCUT2D eigenvalue weighted by Crippen LogP contribution is 2.23. The molecule has 1 N–H and O–H groups in total. The minimum absolute atomic E-state index is 0.177. The van der Waals surface area contributed by atoms with Crippen molar-refractivity contribution < 1.29 is 27.9 Å². The molecule has 0 aromatic carbocycles. The normalized spacial score (nSPS) is 20.1. The number of urea groups is 1. The molecule has 1 fully saturated rings. The topological polar surface area (TPSA) is 60.9 Å². The average Bonchev–Trinajstić information content (AvgIpc) is 2.33. The lowest BCUT2D eigenvalue weighted by molar-refractivity contribution is -0.147. The molecule has 0 radical (unpaired) electrons. The number of carbonyl (C=O) groups is 2. The van der Waals surface area contributed by atoms with Crippen molar-refractivity contribution in [2.45, 2.75) is 51.4 Å². The third kappa shape index (κ3) is 4.28. The molecule has 0 aliphatic carbocycles. The van der Waals surface area contributed by atoms with Crippen LogP contribution in [0, 0.1) is 0 Å². The smallest absolute Gasteiger partial charge is 0.406 e. The van der Waals surface area contributed by atoms with Gasteiger partial charge in [-0.1, -0.05) is 0 Å². The number of carbonyl (C=O) groups excluding carboxylic acids is 1. The Morgan fingerprint density at radius 1 is 1.35 bits per heavy atom. The van der Waals surface area contributed by atoms with Gasteiger partial charge in [0.05, 0.1) is 0 Å². The molecule has 0 aromatic rings. The van der Waals surface area contributed by atoms with E-state index in [1.807, 2.05) is 0 Å². The first-order valence-corrected chi connectivity index (χ1v) is 6.50. The SMILES string of the molecule is CC(C)N(CC(F)(F)F)C(=O)N1CCCCC1C(=O)O. The summed E-state index contributed by atoms with van der Waals surface area (Å²) in [5.41, 5.74) is 0. The number of carboxylic acid groups (broad SMARTS) is 1. The van der Waals surface area contributed by atoms with Gasteiger partial charge < -0.3 is 14.9 Å². The predicted octanol–water partition coefficient (Wildman–Crippen LogP) is 2.32. The molecule has 20 heavy (non-hydrogen) atoms. The number of nitrogens with zero attached hydrogens (tertiary/aromatic N) is 2. The van der Waals surface area contributed by atoms with E-state index in [-0.39, 0.29) is 13.0 Å². The Morgan fingerprint density at radius 3 is 2.40 bits per heavy atom. The molecule has 5 nitrogen and oxygen atoms in total. The molecule has 116 valence electrons. The Hall–Kier alpha value is -1.47. The van der Waals surface area contributed by atoms with Crippen molar-refractivity contribution in [1.29, 1.82) is 0 Å². The van der Waals surface area contributed by atoms with E-state index in [0.29, 0.717) is 17.7 Å². The number of hydrogen-bond donors (Lipinski definition) is 1. The molecule has 0 spiro atoms. The first-order chi connectivity index (χ1) is 9.13. The van der Waals surface area contributed by atoms with Crippen molar-refractivity contribution >= 4 is 12.0 Å². The molecule has 2 amide bonds. The number of hydrogen-bond acceptors (Lipinski definition) is 2. The van der Waals surface area contributed by atoms with Crippen molar-refractivity contribution in [1.82, 2.24) is 9.80 Å². The summed E-state index contributed by atoms with van der Waals surface area (Å²) in [5.74, 6) is -1.17. The molecular weight excluding hydrogens is 277 g/mol. The van der Waals surface area contributed by atoms with Gasteiger partial charge in [-0.05, 0) is 33.1 Å². The Kier molecular flexibility index (Phi) is 5.24. The summed E-state index contributed by atoms with van der Waals surface area (Å²) < 4.78 is 37.6. The maximum Gasteiger partial charge on any atom is 0.406 e. The van der Waals surface area contributed by atoms with Gasteiger partial charge in [0.1, 0.15) is 12.6 Å². The number of rotatable bonds is 3. The first-order valence-electron chi connectivity index (χ1n) is 6.50. The van der Waals surface area contributed by atoms with Gasteiger partial charge in [0.15, 0.2) is 0 Å². The zero-order chi connectivity index (χ0) is 15.5. The molecule has 8 heteroatoms. The van der Waals surface area contributed by atoms with Crippen LogP contribution < -0.4 is 0 Å². The fourth-order valence-electron chi connectivity index (χ4n) is 2.25. The fourth-order valence-corrected chi connectivity index (χ4v) is 2.25. The second-order valence-corrected chi connectivity index (χ2v) is 5.16. The van der Waals surface area contributed by atoms with Crippen LogP contribution in [0.4, 0.5) is 18.0 Å². The van der Waals surface area contributed by atoms with E-state index in [9.17, 15) is 22.8 Å². The molecule has 1 aliphatic rings. The third-order valence-electron chi connectivity index (χ3n) is 3.25. The van der Waals surface area contributed by atoms with Gasteiger partial charge in [0.25, 0.3) is 0 Å². The van der Waals surface area contributed by atoms with E-state index in [1.54, 1.807) is 0 Å². The van der Waals surface area contributed by atoms with E-state index in [2.05, 4.69) is 0 Å².